The lowest BCUT2D eigenvalue weighted by atomic mass is 9.91. The normalized spacial score (nSPS) is 15.3. The van der Waals surface area contributed by atoms with Crippen LogP contribution in [-0.4, -0.2) is 30.3 Å². The maximum atomic E-state index is 12.0. The lowest BCUT2D eigenvalue weighted by Crippen LogP contribution is -2.37. The van der Waals surface area contributed by atoms with Crippen LogP contribution in [-0.2, 0) is 10.0 Å². The van der Waals surface area contributed by atoms with Crippen molar-refractivity contribution in [3.05, 3.63) is 35.5 Å². The van der Waals surface area contributed by atoms with Gasteiger partial charge < -0.3 is 5.32 Å². The molecule has 0 aliphatic rings. The monoisotopic (exact) mass is 525 g/mol. The highest BCUT2D eigenvalue weighted by atomic mass is 32.2. The second kappa shape index (κ2) is 17.4. The molecular weight excluding hydrogens is 474 g/mol. The Morgan fingerprint density at radius 3 is 2.17 bits per heavy atom. The molecule has 1 aromatic rings. The number of rotatable bonds is 19. The highest BCUT2D eigenvalue weighted by Crippen LogP contribution is 2.22. The molecule has 1 heterocycles. The average Bonchev–Trinajstić information content (AvgIpc) is 2.76. The number of thioether (sulfide) groups is 1. The first-order chi connectivity index (χ1) is 16.5. The van der Waals surface area contributed by atoms with Gasteiger partial charge in [-0.05, 0) is 56.1 Å². The summed E-state index contributed by atoms with van der Waals surface area (Å²) < 4.78 is 24.0. The standard InChI is InChI=1S/C28H51N3O2S2/c1-22(2)10-7-11-23(3)12-8-13-24(4)14-9-15-25(5)18-19-34-21-28(35(29,32)33)31-27-17-16-26(6)20-30-27/h16-18,20,22-24,28H,7-15,19,21H2,1-6H3,(H,30,31)(H2,29,32,33). The van der Waals surface area contributed by atoms with Gasteiger partial charge in [0.15, 0.2) is 5.37 Å². The first kappa shape index (κ1) is 32.0. The Labute approximate surface area is 220 Å². The van der Waals surface area contributed by atoms with E-state index in [0.717, 1.165) is 35.5 Å². The smallest absolute Gasteiger partial charge is 0.231 e. The van der Waals surface area contributed by atoms with Crippen LogP contribution in [0.25, 0.3) is 0 Å². The number of primary sulfonamides is 1. The van der Waals surface area contributed by atoms with Crippen molar-refractivity contribution in [2.24, 2.45) is 22.9 Å². The summed E-state index contributed by atoms with van der Waals surface area (Å²) in [6, 6.07) is 3.67. The average molecular weight is 526 g/mol. The van der Waals surface area contributed by atoms with E-state index < -0.39 is 15.4 Å². The van der Waals surface area contributed by atoms with Crippen molar-refractivity contribution < 1.29 is 8.42 Å². The van der Waals surface area contributed by atoms with Gasteiger partial charge in [-0.2, -0.15) is 11.8 Å². The van der Waals surface area contributed by atoms with Crippen molar-refractivity contribution in [3.8, 4) is 0 Å². The molecule has 0 radical (unpaired) electrons. The topological polar surface area (TPSA) is 85.1 Å². The highest BCUT2D eigenvalue weighted by molar-refractivity contribution is 8.00. The molecule has 0 aromatic carbocycles. The molecule has 0 saturated carbocycles. The molecule has 7 heteroatoms. The van der Waals surface area contributed by atoms with E-state index in [1.165, 1.54) is 56.9 Å². The molecule has 3 atom stereocenters. The number of anilines is 1. The Morgan fingerprint density at radius 2 is 1.63 bits per heavy atom. The zero-order valence-corrected chi connectivity index (χ0v) is 24.7. The summed E-state index contributed by atoms with van der Waals surface area (Å²) in [7, 11) is -3.71. The second-order valence-electron chi connectivity index (χ2n) is 10.9. The number of aryl methyl sites for hydroxylation is 1. The minimum atomic E-state index is -3.71. The molecule has 1 rings (SSSR count). The molecule has 5 nitrogen and oxygen atoms in total. The van der Waals surface area contributed by atoms with Gasteiger partial charge in [0.2, 0.25) is 10.0 Å². The molecule has 0 aliphatic heterocycles. The summed E-state index contributed by atoms with van der Waals surface area (Å²) >= 11 is 1.57. The zero-order chi connectivity index (χ0) is 26.3. The van der Waals surface area contributed by atoms with Crippen molar-refractivity contribution in [2.75, 3.05) is 16.8 Å². The predicted molar refractivity (Wildman–Crippen MR) is 155 cm³/mol. The fourth-order valence-corrected chi connectivity index (χ4v) is 6.29. The number of nitrogens with two attached hydrogens (primary N) is 1. The van der Waals surface area contributed by atoms with Gasteiger partial charge in [-0.25, -0.2) is 18.5 Å². The summed E-state index contributed by atoms with van der Waals surface area (Å²) in [6.45, 7) is 13.6. The van der Waals surface area contributed by atoms with Crippen molar-refractivity contribution in [1.29, 1.82) is 0 Å². The Bertz CT molecular complexity index is 823. The van der Waals surface area contributed by atoms with E-state index in [4.69, 9.17) is 5.14 Å². The van der Waals surface area contributed by atoms with Crippen LogP contribution in [0.15, 0.2) is 30.0 Å². The number of hydrogen-bond acceptors (Lipinski definition) is 5. The maximum Gasteiger partial charge on any atom is 0.231 e. The third-order valence-corrected chi connectivity index (χ3v) is 8.84. The third-order valence-electron chi connectivity index (χ3n) is 6.58. The van der Waals surface area contributed by atoms with Gasteiger partial charge in [-0.3, -0.25) is 0 Å². The number of allylic oxidation sites excluding steroid dienone is 1. The molecule has 0 bridgehead atoms. The maximum absolute atomic E-state index is 12.0. The van der Waals surface area contributed by atoms with Gasteiger partial charge >= 0.3 is 0 Å². The highest BCUT2D eigenvalue weighted by Gasteiger charge is 2.21. The molecular formula is C28H51N3O2S2. The zero-order valence-electron chi connectivity index (χ0n) is 23.1. The van der Waals surface area contributed by atoms with E-state index in [-0.39, 0.29) is 0 Å². The van der Waals surface area contributed by atoms with Crippen molar-refractivity contribution >= 4 is 27.6 Å². The van der Waals surface area contributed by atoms with Crippen LogP contribution < -0.4 is 10.5 Å². The van der Waals surface area contributed by atoms with Crippen LogP contribution in [0.4, 0.5) is 5.82 Å². The van der Waals surface area contributed by atoms with Crippen LogP contribution in [0.2, 0.25) is 0 Å². The van der Waals surface area contributed by atoms with Crippen LogP contribution in [0.3, 0.4) is 0 Å². The van der Waals surface area contributed by atoms with Crippen LogP contribution in [0.5, 0.6) is 0 Å². The SMILES string of the molecule is CC(=CCSCC(Nc1ccc(C)cn1)S(N)(=O)=O)CCCC(C)CCCC(C)CCCC(C)C. The first-order valence-electron chi connectivity index (χ1n) is 13.4. The number of pyridine rings is 1. The van der Waals surface area contributed by atoms with Gasteiger partial charge in [-0.15, -0.1) is 0 Å². The molecule has 35 heavy (non-hydrogen) atoms. The van der Waals surface area contributed by atoms with Crippen LogP contribution in [0, 0.1) is 24.7 Å². The fraction of sp³-hybridized carbons (Fsp3) is 0.750. The van der Waals surface area contributed by atoms with E-state index in [2.05, 4.69) is 51.0 Å². The van der Waals surface area contributed by atoms with Gasteiger partial charge in [-0.1, -0.05) is 90.4 Å². The molecule has 1 aromatic heterocycles. The van der Waals surface area contributed by atoms with Gasteiger partial charge in [0.25, 0.3) is 0 Å². The Hall–Kier alpha value is -1.05. The quantitative estimate of drug-likeness (QED) is 0.144. The van der Waals surface area contributed by atoms with E-state index in [9.17, 15) is 8.42 Å². The summed E-state index contributed by atoms with van der Waals surface area (Å²) in [6.07, 6.45) is 15.7. The van der Waals surface area contributed by atoms with E-state index in [0.29, 0.717) is 11.6 Å². The molecule has 0 amide bonds. The molecule has 0 aliphatic carbocycles. The van der Waals surface area contributed by atoms with Gasteiger partial charge in [0.1, 0.15) is 5.82 Å². The minimum absolute atomic E-state index is 0.380. The molecule has 3 N–H and O–H groups in total. The third kappa shape index (κ3) is 16.3. The summed E-state index contributed by atoms with van der Waals surface area (Å²) in [5.41, 5.74) is 2.40. The number of aromatic nitrogens is 1. The Balaban J connectivity index is 2.23. The summed E-state index contributed by atoms with van der Waals surface area (Å²) in [5, 5.41) is 7.53. The second-order valence-corrected chi connectivity index (χ2v) is 13.7. The Morgan fingerprint density at radius 1 is 1.03 bits per heavy atom. The number of nitrogens with one attached hydrogen (secondary N) is 1. The summed E-state index contributed by atoms with van der Waals surface area (Å²) in [4.78, 5) is 4.23. The number of hydrogen-bond donors (Lipinski definition) is 2. The molecule has 3 unspecified atom stereocenters. The molecule has 0 fully saturated rings. The minimum Gasteiger partial charge on any atom is -0.352 e. The van der Waals surface area contributed by atoms with Crippen molar-refractivity contribution in [3.63, 3.8) is 0 Å². The number of nitrogens with zero attached hydrogens (tertiary/aromatic N) is 1. The predicted octanol–water partition coefficient (Wildman–Crippen LogP) is 7.54. The van der Waals surface area contributed by atoms with Gasteiger partial charge in [0, 0.05) is 17.7 Å². The largest absolute Gasteiger partial charge is 0.352 e. The summed E-state index contributed by atoms with van der Waals surface area (Å²) in [5.74, 6) is 4.17. The van der Waals surface area contributed by atoms with Crippen LogP contribution >= 0.6 is 11.8 Å². The lowest BCUT2D eigenvalue weighted by molar-refractivity contribution is 0.389. The van der Waals surface area contributed by atoms with Crippen molar-refractivity contribution in [1.82, 2.24) is 4.98 Å². The van der Waals surface area contributed by atoms with Gasteiger partial charge in [0.05, 0.1) is 0 Å². The van der Waals surface area contributed by atoms with E-state index in [1.807, 2.05) is 13.0 Å². The van der Waals surface area contributed by atoms with E-state index in [1.54, 1.807) is 24.0 Å². The lowest BCUT2D eigenvalue weighted by Gasteiger charge is -2.16. The molecule has 202 valence electrons. The molecule has 0 spiro atoms. The fourth-order valence-electron chi connectivity index (χ4n) is 4.12. The van der Waals surface area contributed by atoms with Crippen molar-refractivity contribution in [2.45, 2.75) is 105 Å². The Kier molecular flexibility index (Phi) is 15.9. The first-order valence-corrected chi connectivity index (χ1v) is 16.2. The number of sulfonamides is 1. The van der Waals surface area contributed by atoms with Crippen LogP contribution in [0.1, 0.15) is 98.0 Å². The molecule has 0 saturated heterocycles. The van der Waals surface area contributed by atoms with E-state index >= 15 is 0 Å².